The monoisotopic (exact) mass is 548 g/mol. The summed E-state index contributed by atoms with van der Waals surface area (Å²) in [5.41, 5.74) is 4.32. The van der Waals surface area contributed by atoms with E-state index in [4.69, 9.17) is 27.6 Å². The molecule has 3 aromatic rings. The van der Waals surface area contributed by atoms with Gasteiger partial charge in [-0.05, 0) is 42.7 Å². The third-order valence-electron chi connectivity index (χ3n) is 5.88. The summed E-state index contributed by atoms with van der Waals surface area (Å²) in [5, 5.41) is 6.21. The van der Waals surface area contributed by atoms with Crippen molar-refractivity contribution in [1.82, 2.24) is 10.6 Å². The molecule has 0 unspecified atom stereocenters. The first-order chi connectivity index (χ1) is 17.2. The minimum absolute atomic E-state index is 0. The van der Waals surface area contributed by atoms with E-state index in [1.54, 1.807) is 6.07 Å². The number of benzene rings is 2. The van der Waals surface area contributed by atoms with Crippen LogP contribution < -0.4 is 15.5 Å². The lowest BCUT2D eigenvalue weighted by Crippen LogP contribution is -2.27. The van der Waals surface area contributed by atoms with Crippen molar-refractivity contribution < 1.29 is 9.21 Å². The normalized spacial score (nSPS) is 12.4. The van der Waals surface area contributed by atoms with E-state index in [1.807, 2.05) is 30.3 Å². The van der Waals surface area contributed by atoms with E-state index in [1.165, 1.54) is 5.56 Å². The maximum atomic E-state index is 12.5. The second kappa shape index (κ2) is 14.2. The highest BCUT2D eigenvalue weighted by atomic mass is 35.5. The van der Waals surface area contributed by atoms with Gasteiger partial charge in [0.05, 0.1) is 6.54 Å². The molecule has 9 heteroatoms. The van der Waals surface area contributed by atoms with Gasteiger partial charge < -0.3 is 20.0 Å². The zero-order valence-electron chi connectivity index (χ0n) is 20.0. The largest absolute Gasteiger partial charge is 0.451 e. The average molecular weight is 550 g/mol. The van der Waals surface area contributed by atoms with Gasteiger partial charge in [-0.15, -0.1) is 35.6 Å². The number of alkyl halides is 2. The van der Waals surface area contributed by atoms with Gasteiger partial charge in [0.1, 0.15) is 11.6 Å². The minimum Gasteiger partial charge on any atom is -0.451 e. The summed E-state index contributed by atoms with van der Waals surface area (Å²) < 4.78 is 5.81. The van der Waals surface area contributed by atoms with E-state index in [2.05, 4.69) is 44.8 Å². The van der Waals surface area contributed by atoms with Crippen molar-refractivity contribution >= 4 is 53.0 Å². The summed E-state index contributed by atoms with van der Waals surface area (Å²) in [6.45, 7) is 3.80. The van der Waals surface area contributed by atoms with Crippen LogP contribution in [0.1, 0.15) is 28.1 Å². The van der Waals surface area contributed by atoms with Crippen LogP contribution in [-0.4, -0.2) is 56.2 Å². The first kappa shape index (κ1) is 27.9. The van der Waals surface area contributed by atoms with Crippen LogP contribution in [0.4, 0.5) is 5.69 Å². The standard InChI is InChI=1S/C27H30Cl2N4O2.ClH/c28-13-18-33(19-14-29)23-9-3-20(4-10-23)2-1-15-32-27(34)25-12-11-24(35-25)21-5-7-22(8-6-21)26-30-16-17-31-26;/h3-12H,1-2,13-19H2,(H,30,31)(H,32,34);1H. The molecular formula is C27H31Cl3N4O2. The van der Waals surface area contributed by atoms with Gasteiger partial charge >= 0.3 is 0 Å². The Morgan fingerprint density at radius 3 is 2.31 bits per heavy atom. The van der Waals surface area contributed by atoms with Crippen LogP contribution in [0.5, 0.6) is 0 Å². The summed E-state index contributed by atoms with van der Waals surface area (Å²) in [7, 11) is 0. The Labute approximate surface area is 228 Å². The van der Waals surface area contributed by atoms with Crippen LogP contribution in [0, 0.1) is 0 Å². The average Bonchev–Trinajstić information content (AvgIpc) is 3.60. The van der Waals surface area contributed by atoms with Crippen LogP contribution in [-0.2, 0) is 6.42 Å². The van der Waals surface area contributed by atoms with Gasteiger partial charge in [0.15, 0.2) is 5.76 Å². The molecule has 1 aliphatic heterocycles. The fourth-order valence-corrected chi connectivity index (χ4v) is 4.44. The quantitative estimate of drug-likeness (QED) is 0.236. The third-order valence-corrected chi connectivity index (χ3v) is 6.22. The predicted molar refractivity (Wildman–Crippen MR) is 152 cm³/mol. The van der Waals surface area contributed by atoms with Gasteiger partial charge in [-0.25, -0.2) is 0 Å². The number of hydrogen-bond donors (Lipinski definition) is 2. The summed E-state index contributed by atoms with van der Waals surface area (Å²) in [4.78, 5) is 19.1. The number of hydrogen-bond acceptors (Lipinski definition) is 5. The molecule has 6 nitrogen and oxygen atoms in total. The lowest BCUT2D eigenvalue weighted by atomic mass is 10.1. The zero-order valence-corrected chi connectivity index (χ0v) is 22.3. The molecule has 0 saturated carbocycles. The maximum absolute atomic E-state index is 12.5. The van der Waals surface area contributed by atoms with E-state index in [-0.39, 0.29) is 18.3 Å². The van der Waals surface area contributed by atoms with E-state index in [9.17, 15) is 4.79 Å². The molecule has 1 aromatic heterocycles. The molecule has 0 aliphatic carbocycles. The fourth-order valence-electron chi connectivity index (χ4n) is 4.03. The lowest BCUT2D eigenvalue weighted by molar-refractivity contribution is 0.0926. The first-order valence-electron chi connectivity index (χ1n) is 11.9. The molecule has 192 valence electrons. The van der Waals surface area contributed by atoms with Crippen molar-refractivity contribution in [2.75, 3.05) is 49.4 Å². The number of amides is 1. The molecule has 2 N–H and O–H groups in total. The Morgan fingerprint density at radius 2 is 1.67 bits per heavy atom. The molecule has 0 bridgehead atoms. The minimum atomic E-state index is -0.203. The second-order valence-corrected chi connectivity index (χ2v) is 9.05. The molecular weight excluding hydrogens is 519 g/mol. The van der Waals surface area contributed by atoms with Gasteiger partial charge in [-0.2, -0.15) is 0 Å². The van der Waals surface area contributed by atoms with Gasteiger partial charge in [-0.1, -0.05) is 36.4 Å². The van der Waals surface area contributed by atoms with Gasteiger partial charge in [-0.3, -0.25) is 9.79 Å². The zero-order chi connectivity index (χ0) is 24.5. The van der Waals surface area contributed by atoms with Crippen molar-refractivity contribution in [3.8, 4) is 11.3 Å². The molecule has 1 amide bonds. The second-order valence-electron chi connectivity index (χ2n) is 8.29. The lowest BCUT2D eigenvalue weighted by Gasteiger charge is -2.23. The topological polar surface area (TPSA) is 69.9 Å². The molecule has 2 heterocycles. The molecule has 2 aromatic carbocycles. The van der Waals surface area contributed by atoms with E-state index < -0.39 is 0 Å². The molecule has 0 fully saturated rings. The Hall–Kier alpha value is -2.67. The Bertz CT molecular complexity index is 1120. The molecule has 0 atom stereocenters. The van der Waals surface area contributed by atoms with Gasteiger partial charge in [0.2, 0.25) is 0 Å². The Balaban J connectivity index is 0.00000361. The molecule has 0 spiro atoms. The van der Waals surface area contributed by atoms with E-state index >= 15 is 0 Å². The van der Waals surface area contributed by atoms with Crippen molar-refractivity contribution in [1.29, 1.82) is 0 Å². The number of amidine groups is 1. The number of anilines is 1. The van der Waals surface area contributed by atoms with E-state index in [0.717, 1.165) is 61.7 Å². The number of nitrogens with zero attached hydrogens (tertiary/aromatic N) is 2. The van der Waals surface area contributed by atoms with Crippen LogP contribution in [0.3, 0.4) is 0 Å². The SMILES string of the molecule is Cl.O=C(NCCCc1ccc(N(CCCl)CCCl)cc1)c1ccc(-c2ccc(C3=NCCN3)cc2)o1. The Morgan fingerprint density at radius 1 is 0.972 bits per heavy atom. The predicted octanol–water partition coefficient (Wildman–Crippen LogP) is 5.36. The maximum Gasteiger partial charge on any atom is 0.287 e. The van der Waals surface area contributed by atoms with Crippen molar-refractivity contribution in [3.05, 3.63) is 77.6 Å². The number of nitrogens with one attached hydrogen (secondary N) is 2. The fraction of sp³-hybridized carbons (Fsp3) is 0.333. The third kappa shape index (κ3) is 7.42. The molecule has 0 radical (unpaired) electrons. The van der Waals surface area contributed by atoms with Crippen molar-refractivity contribution in [3.63, 3.8) is 0 Å². The van der Waals surface area contributed by atoms with E-state index in [0.29, 0.717) is 29.8 Å². The summed E-state index contributed by atoms with van der Waals surface area (Å²) in [5.74, 6) is 2.83. The number of rotatable bonds is 12. The molecule has 0 saturated heterocycles. The van der Waals surface area contributed by atoms with Gasteiger partial charge in [0, 0.05) is 54.8 Å². The number of carbonyl (C=O) groups excluding carboxylic acids is 1. The number of carbonyl (C=O) groups is 1. The van der Waals surface area contributed by atoms with Crippen LogP contribution >= 0.6 is 35.6 Å². The summed E-state index contributed by atoms with van der Waals surface area (Å²) in [6, 6.07) is 20.0. The first-order valence-corrected chi connectivity index (χ1v) is 13.0. The molecule has 1 aliphatic rings. The summed E-state index contributed by atoms with van der Waals surface area (Å²) >= 11 is 11.8. The Kier molecular flexibility index (Phi) is 11.0. The molecule has 4 rings (SSSR count). The van der Waals surface area contributed by atoms with Gasteiger partial charge in [0.25, 0.3) is 5.91 Å². The summed E-state index contributed by atoms with van der Waals surface area (Å²) in [6.07, 6.45) is 1.71. The number of aryl methyl sites for hydroxylation is 1. The van der Waals surface area contributed by atoms with Crippen LogP contribution in [0.2, 0.25) is 0 Å². The molecule has 36 heavy (non-hydrogen) atoms. The highest BCUT2D eigenvalue weighted by molar-refractivity contribution is 6.18. The van der Waals surface area contributed by atoms with Crippen molar-refractivity contribution in [2.24, 2.45) is 4.99 Å². The number of aliphatic imine (C=N–C) groups is 1. The van der Waals surface area contributed by atoms with Crippen LogP contribution in [0.15, 0.2) is 70.1 Å². The van der Waals surface area contributed by atoms with Crippen LogP contribution in [0.25, 0.3) is 11.3 Å². The number of furan rings is 1. The number of halogens is 3. The smallest absolute Gasteiger partial charge is 0.287 e. The van der Waals surface area contributed by atoms with Crippen molar-refractivity contribution in [2.45, 2.75) is 12.8 Å². The highest BCUT2D eigenvalue weighted by Gasteiger charge is 2.13. The highest BCUT2D eigenvalue weighted by Crippen LogP contribution is 2.23.